The summed E-state index contributed by atoms with van der Waals surface area (Å²) in [6, 6.07) is 15.2. The van der Waals surface area contributed by atoms with Gasteiger partial charge < -0.3 is 4.74 Å². The Labute approximate surface area is 144 Å². The van der Waals surface area contributed by atoms with Crippen molar-refractivity contribution in [3.63, 3.8) is 0 Å². The molecule has 0 unspecified atom stereocenters. The van der Waals surface area contributed by atoms with E-state index in [4.69, 9.17) is 4.74 Å². The summed E-state index contributed by atoms with van der Waals surface area (Å²) in [7, 11) is 0. The molecule has 0 aliphatic rings. The minimum Gasteiger partial charge on any atom is -0.493 e. The number of hydrogen-bond acceptors (Lipinski definition) is 5. The van der Waals surface area contributed by atoms with Crippen LogP contribution in [0.2, 0.25) is 0 Å². The van der Waals surface area contributed by atoms with Crippen LogP contribution in [0.1, 0.15) is 22.8 Å². The van der Waals surface area contributed by atoms with Crippen molar-refractivity contribution < 1.29 is 9.53 Å². The number of aryl methyl sites for hydroxylation is 1. The van der Waals surface area contributed by atoms with Crippen molar-refractivity contribution in [1.82, 2.24) is 10.2 Å². The summed E-state index contributed by atoms with van der Waals surface area (Å²) in [4.78, 5) is 12.4. The molecule has 0 saturated heterocycles. The van der Waals surface area contributed by atoms with Gasteiger partial charge in [0.05, 0.1) is 12.2 Å². The number of carbonyl (C=O) groups is 1. The van der Waals surface area contributed by atoms with Gasteiger partial charge in [0, 0.05) is 5.56 Å². The van der Waals surface area contributed by atoms with Gasteiger partial charge in [0.25, 0.3) is 5.91 Å². The second-order valence-corrected chi connectivity index (χ2v) is 6.14. The number of nitrogens with zero attached hydrogens (tertiary/aromatic N) is 2. The Morgan fingerprint density at radius 2 is 1.88 bits per heavy atom. The van der Waals surface area contributed by atoms with E-state index < -0.39 is 0 Å². The van der Waals surface area contributed by atoms with Crippen LogP contribution < -0.4 is 10.1 Å². The quantitative estimate of drug-likeness (QED) is 0.758. The van der Waals surface area contributed by atoms with Crippen molar-refractivity contribution in [1.29, 1.82) is 0 Å². The molecule has 6 heteroatoms. The molecule has 3 rings (SSSR count). The van der Waals surface area contributed by atoms with Gasteiger partial charge in [-0.3, -0.25) is 10.1 Å². The Hall–Kier alpha value is -2.73. The number of benzene rings is 2. The molecular weight excluding hydrogens is 322 g/mol. The molecule has 0 bridgehead atoms. The van der Waals surface area contributed by atoms with Crippen molar-refractivity contribution >= 4 is 22.4 Å². The lowest BCUT2D eigenvalue weighted by Gasteiger charge is -2.08. The van der Waals surface area contributed by atoms with E-state index in [-0.39, 0.29) is 5.91 Å². The number of ether oxygens (including phenoxy) is 1. The van der Waals surface area contributed by atoms with E-state index in [0.717, 1.165) is 10.6 Å². The van der Waals surface area contributed by atoms with Crippen molar-refractivity contribution in [3.8, 4) is 16.3 Å². The summed E-state index contributed by atoms with van der Waals surface area (Å²) in [6.07, 6.45) is 0. The van der Waals surface area contributed by atoms with Crippen LogP contribution in [0.5, 0.6) is 5.75 Å². The van der Waals surface area contributed by atoms with Crippen LogP contribution in [-0.2, 0) is 0 Å². The molecule has 0 radical (unpaired) electrons. The molecule has 1 amide bonds. The standard InChI is InChI=1S/C18H17N3O2S/c1-3-23-15-7-5-4-6-14(15)16(22)19-18-21-20-17(24-18)13-10-8-12(2)9-11-13/h4-11H,3H2,1-2H3,(H,19,21,22). The molecule has 1 N–H and O–H groups in total. The SMILES string of the molecule is CCOc1ccccc1C(=O)Nc1nnc(-c2ccc(C)cc2)s1. The average molecular weight is 339 g/mol. The van der Waals surface area contributed by atoms with Gasteiger partial charge in [-0.25, -0.2) is 0 Å². The van der Waals surface area contributed by atoms with Crippen LogP contribution in [0.15, 0.2) is 48.5 Å². The van der Waals surface area contributed by atoms with E-state index in [1.807, 2.05) is 44.2 Å². The lowest BCUT2D eigenvalue weighted by Crippen LogP contribution is -2.13. The monoisotopic (exact) mass is 339 g/mol. The summed E-state index contributed by atoms with van der Waals surface area (Å²) in [6.45, 7) is 4.42. The number of hydrogen-bond donors (Lipinski definition) is 1. The zero-order valence-corrected chi connectivity index (χ0v) is 14.3. The van der Waals surface area contributed by atoms with E-state index in [1.165, 1.54) is 16.9 Å². The molecule has 24 heavy (non-hydrogen) atoms. The number of amides is 1. The molecule has 0 atom stereocenters. The number of rotatable bonds is 5. The normalized spacial score (nSPS) is 10.4. The fraction of sp³-hybridized carbons (Fsp3) is 0.167. The van der Waals surface area contributed by atoms with Crippen LogP contribution >= 0.6 is 11.3 Å². The first-order chi connectivity index (χ1) is 11.7. The Morgan fingerprint density at radius 1 is 1.12 bits per heavy atom. The summed E-state index contributed by atoms with van der Waals surface area (Å²) in [5.41, 5.74) is 2.64. The molecule has 2 aromatic carbocycles. The van der Waals surface area contributed by atoms with E-state index >= 15 is 0 Å². The topological polar surface area (TPSA) is 64.1 Å². The summed E-state index contributed by atoms with van der Waals surface area (Å²) in [5, 5.41) is 12.2. The van der Waals surface area contributed by atoms with Crippen molar-refractivity contribution in [2.24, 2.45) is 0 Å². The second-order valence-electron chi connectivity index (χ2n) is 5.16. The number of anilines is 1. The third-order valence-electron chi connectivity index (χ3n) is 3.38. The van der Waals surface area contributed by atoms with Crippen LogP contribution in [0, 0.1) is 6.92 Å². The first-order valence-electron chi connectivity index (χ1n) is 7.61. The van der Waals surface area contributed by atoms with Gasteiger partial charge in [0.1, 0.15) is 10.8 Å². The van der Waals surface area contributed by atoms with Crippen LogP contribution in [0.4, 0.5) is 5.13 Å². The highest BCUT2D eigenvalue weighted by atomic mass is 32.1. The lowest BCUT2D eigenvalue weighted by atomic mass is 10.2. The van der Waals surface area contributed by atoms with Gasteiger partial charge in [-0.15, -0.1) is 10.2 Å². The summed E-state index contributed by atoms with van der Waals surface area (Å²) < 4.78 is 5.49. The van der Waals surface area contributed by atoms with Crippen LogP contribution in [0.25, 0.3) is 10.6 Å². The van der Waals surface area contributed by atoms with Gasteiger partial charge >= 0.3 is 0 Å². The zero-order valence-electron chi connectivity index (χ0n) is 13.4. The van der Waals surface area contributed by atoms with E-state index in [0.29, 0.717) is 23.1 Å². The average Bonchev–Trinajstić information content (AvgIpc) is 3.05. The molecule has 1 aromatic heterocycles. The molecule has 0 spiro atoms. The van der Waals surface area contributed by atoms with Crippen molar-refractivity contribution in [3.05, 3.63) is 59.7 Å². The van der Waals surface area contributed by atoms with E-state index in [2.05, 4.69) is 15.5 Å². The second kappa shape index (κ2) is 7.23. The molecule has 0 saturated carbocycles. The maximum absolute atomic E-state index is 12.4. The molecule has 3 aromatic rings. The third kappa shape index (κ3) is 3.60. The Kier molecular flexibility index (Phi) is 4.86. The van der Waals surface area contributed by atoms with Crippen LogP contribution in [-0.4, -0.2) is 22.7 Å². The van der Waals surface area contributed by atoms with Gasteiger partial charge in [-0.1, -0.05) is 53.3 Å². The van der Waals surface area contributed by atoms with Crippen molar-refractivity contribution in [2.75, 3.05) is 11.9 Å². The van der Waals surface area contributed by atoms with Gasteiger partial charge in [-0.2, -0.15) is 0 Å². The predicted octanol–water partition coefficient (Wildman–Crippen LogP) is 4.16. The van der Waals surface area contributed by atoms with E-state index in [9.17, 15) is 4.79 Å². The first-order valence-corrected chi connectivity index (χ1v) is 8.42. The van der Waals surface area contributed by atoms with Gasteiger partial charge in [0.15, 0.2) is 0 Å². The Morgan fingerprint density at radius 3 is 2.62 bits per heavy atom. The third-order valence-corrected chi connectivity index (χ3v) is 4.26. The van der Waals surface area contributed by atoms with Gasteiger partial charge in [0.2, 0.25) is 5.13 Å². The fourth-order valence-electron chi connectivity index (χ4n) is 2.19. The highest BCUT2D eigenvalue weighted by molar-refractivity contribution is 7.18. The summed E-state index contributed by atoms with van der Waals surface area (Å²) >= 11 is 1.34. The molecule has 122 valence electrons. The minimum atomic E-state index is -0.259. The predicted molar refractivity (Wildman–Crippen MR) is 95.6 cm³/mol. The number of nitrogens with one attached hydrogen (secondary N) is 1. The zero-order chi connectivity index (χ0) is 16.9. The molecule has 0 aliphatic heterocycles. The molecule has 0 aliphatic carbocycles. The molecule has 5 nitrogen and oxygen atoms in total. The highest BCUT2D eigenvalue weighted by Crippen LogP contribution is 2.27. The smallest absolute Gasteiger partial charge is 0.261 e. The molecule has 0 fully saturated rings. The Balaban J connectivity index is 1.77. The molecule has 1 heterocycles. The lowest BCUT2D eigenvalue weighted by molar-refractivity contribution is 0.102. The van der Waals surface area contributed by atoms with Crippen molar-refractivity contribution in [2.45, 2.75) is 13.8 Å². The summed E-state index contributed by atoms with van der Waals surface area (Å²) in [5.74, 6) is 0.298. The fourth-order valence-corrected chi connectivity index (χ4v) is 2.93. The largest absolute Gasteiger partial charge is 0.493 e. The highest BCUT2D eigenvalue weighted by Gasteiger charge is 2.15. The van der Waals surface area contributed by atoms with E-state index in [1.54, 1.807) is 18.2 Å². The Bertz CT molecular complexity index is 843. The number of aromatic nitrogens is 2. The number of carbonyl (C=O) groups excluding carboxylic acids is 1. The maximum atomic E-state index is 12.4. The number of para-hydroxylation sites is 1. The van der Waals surface area contributed by atoms with Crippen LogP contribution in [0.3, 0.4) is 0 Å². The molecular formula is C18H17N3O2S. The first kappa shape index (κ1) is 16.1. The minimum absolute atomic E-state index is 0.259. The maximum Gasteiger partial charge on any atom is 0.261 e. The van der Waals surface area contributed by atoms with Gasteiger partial charge in [-0.05, 0) is 26.0 Å².